The molecule has 2 aromatic carbocycles. The highest BCUT2D eigenvalue weighted by Crippen LogP contribution is 2.14. The molecule has 0 aliphatic heterocycles. The van der Waals surface area contributed by atoms with Crippen molar-refractivity contribution in [2.45, 2.75) is 137 Å². The second kappa shape index (κ2) is 22.6. The smallest absolute Gasteiger partial charge is 0.243 e. The molecular formula is C41H64N6O5. The number of benzene rings is 2. The zero-order chi connectivity index (χ0) is 38.8. The van der Waals surface area contributed by atoms with Gasteiger partial charge < -0.3 is 32.3 Å². The molecule has 0 aliphatic rings. The van der Waals surface area contributed by atoms with Crippen LogP contribution < -0.4 is 32.3 Å². The van der Waals surface area contributed by atoms with Crippen molar-refractivity contribution in [3.05, 3.63) is 71.8 Å². The first-order chi connectivity index (χ1) is 24.7. The summed E-state index contributed by atoms with van der Waals surface area (Å²) in [6.07, 6.45) is 2.99. The normalized spacial score (nSPS) is 14.8. The molecule has 2 rings (SSSR count). The second-order valence-electron chi connectivity index (χ2n) is 14.8. The summed E-state index contributed by atoms with van der Waals surface area (Å²) >= 11 is 0. The van der Waals surface area contributed by atoms with Crippen LogP contribution in [-0.4, -0.2) is 65.8 Å². The van der Waals surface area contributed by atoms with Crippen LogP contribution in [0.4, 0.5) is 0 Å². The molecule has 7 N–H and O–H groups in total. The van der Waals surface area contributed by atoms with Gasteiger partial charge in [-0.3, -0.25) is 24.0 Å². The Balaban J connectivity index is 2.23. The highest BCUT2D eigenvalue weighted by Gasteiger charge is 2.33. The number of nitrogens with two attached hydrogens (primary N) is 1. The first kappa shape index (κ1) is 43.9. The monoisotopic (exact) mass is 720 g/mol. The Hall–Kier alpha value is -4.25. The van der Waals surface area contributed by atoms with Crippen LogP contribution >= 0.6 is 0 Å². The summed E-state index contributed by atoms with van der Waals surface area (Å²) in [6.45, 7) is 15.5. The molecule has 0 heterocycles. The van der Waals surface area contributed by atoms with Crippen LogP contribution in [0.15, 0.2) is 60.7 Å². The molecule has 0 saturated heterocycles. The van der Waals surface area contributed by atoms with Crippen LogP contribution in [0.25, 0.3) is 0 Å². The van der Waals surface area contributed by atoms with Gasteiger partial charge in [-0.05, 0) is 54.6 Å². The summed E-state index contributed by atoms with van der Waals surface area (Å²) in [4.78, 5) is 67.2. The number of carbonyl (C=O) groups excluding carboxylic acids is 5. The van der Waals surface area contributed by atoms with Crippen molar-refractivity contribution in [3.63, 3.8) is 0 Å². The number of amides is 5. The van der Waals surface area contributed by atoms with Gasteiger partial charge in [-0.2, -0.15) is 0 Å². The molecule has 0 bridgehead atoms. The van der Waals surface area contributed by atoms with Crippen LogP contribution in [0.1, 0.15) is 98.6 Å². The molecule has 0 spiro atoms. The van der Waals surface area contributed by atoms with E-state index in [0.29, 0.717) is 19.3 Å². The van der Waals surface area contributed by atoms with E-state index in [1.807, 2.05) is 116 Å². The molecule has 11 heteroatoms. The number of hydrogen-bond acceptors (Lipinski definition) is 6. The molecule has 52 heavy (non-hydrogen) atoms. The molecule has 0 aliphatic carbocycles. The van der Waals surface area contributed by atoms with Crippen LogP contribution in [0, 0.1) is 17.8 Å². The van der Waals surface area contributed by atoms with Crippen molar-refractivity contribution < 1.29 is 24.0 Å². The Labute approximate surface area is 311 Å². The lowest BCUT2D eigenvalue weighted by molar-refractivity contribution is -0.133. The van der Waals surface area contributed by atoms with Crippen LogP contribution in [0.2, 0.25) is 0 Å². The molecule has 0 aromatic heterocycles. The molecule has 0 radical (unpaired) electrons. The Morgan fingerprint density at radius 1 is 0.615 bits per heavy atom. The van der Waals surface area contributed by atoms with Gasteiger partial charge in [0.05, 0.1) is 6.42 Å². The maximum Gasteiger partial charge on any atom is 0.243 e. The molecule has 0 saturated carbocycles. The second-order valence-corrected chi connectivity index (χ2v) is 14.8. The number of carbonyl (C=O) groups is 5. The van der Waals surface area contributed by atoms with Crippen molar-refractivity contribution in [2.75, 3.05) is 0 Å². The van der Waals surface area contributed by atoms with E-state index in [-0.39, 0.29) is 54.4 Å². The number of rotatable bonds is 22. The average molecular weight is 721 g/mol. The van der Waals surface area contributed by atoms with Gasteiger partial charge in [0.1, 0.15) is 18.1 Å². The van der Waals surface area contributed by atoms with Crippen LogP contribution in [0.5, 0.6) is 0 Å². The lowest BCUT2D eigenvalue weighted by atomic mass is 9.94. The first-order valence-electron chi connectivity index (χ1n) is 19.0. The SMILES string of the molecule is CCC(CC)NC(=O)[C@@H](NC(=O)C[C@H](N)[C@H](Cc1ccccc1)NC(=O)[C@@H](NC(=O)[C@H](CC(C)C)NC(=O)Cc1ccccc1)C(C)C)[C@@H](C)CC. The van der Waals surface area contributed by atoms with Gasteiger partial charge >= 0.3 is 0 Å². The van der Waals surface area contributed by atoms with Crippen molar-refractivity contribution >= 4 is 29.5 Å². The van der Waals surface area contributed by atoms with Gasteiger partial charge in [0.2, 0.25) is 29.5 Å². The maximum atomic E-state index is 14.0. The molecule has 11 nitrogen and oxygen atoms in total. The quantitative estimate of drug-likeness (QED) is 0.107. The van der Waals surface area contributed by atoms with E-state index in [0.717, 1.165) is 24.0 Å². The van der Waals surface area contributed by atoms with Crippen LogP contribution in [0.3, 0.4) is 0 Å². The lowest BCUT2D eigenvalue weighted by Gasteiger charge is -2.31. The molecule has 6 atom stereocenters. The summed E-state index contributed by atoms with van der Waals surface area (Å²) in [5.41, 5.74) is 8.43. The lowest BCUT2D eigenvalue weighted by Crippen LogP contribution is -2.59. The third-order valence-corrected chi connectivity index (χ3v) is 9.52. The fourth-order valence-electron chi connectivity index (χ4n) is 6.04. The van der Waals surface area contributed by atoms with Gasteiger partial charge in [-0.25, -0.2) is 0 Å². The van der Waals surface area contributed by atoms with Crippen molar-refractivity contribution in [3.8, 4) is 0 Å². The third kappa shape index (κ3) is 15.2. The van der Waals surface area contributed by atoms with Crippen molar-refractivity contribution in [1.29, 1.82) is 0 Å². The van der Waals surface area contributed by atoms with Gasteiger partial charge in [0, 0.05) is 24.5 Å². The zero-order valence-corrected chi connectivity index (χ0v) is 32.5. The van der Waals surface area contributed by atoms with Crippen molar-refractivity contribution in [1.82, 2.24) is 26.6 Å². The summed E-state index contributed by atoms with van der Waals surface area (Å²) in [5, 5.41) is 14.8. The average Bonchev–Trinajstić information content (AvgIpc) is 3.11. The highest BCUT2D eigenvalue weighted by atomic mass is 16.2. The first-order valence-corrected chi connectivity index (χ1v) is 19.0. The molecule has 288 valence electrons. The largest absolute Gasteiger partial charge is 0.352 e. The summed E-state index contributed by atoms with van der Waals surface area (Å²) in [5.74, 6) is -2.09. The zero-order valence-electron chi connectivity index (χ0n) is 32.5. The standard InChI is InChI=1S/C41H64N6O5/c1-9-28(8)38(41(52)43-31(10-2)11-3)46-36(49)25-32(42)33(23-29-18-14-12-15-19-29)45-40(51)37(27(6)7)47-39(50)34(22-26(4)5)44-35(48)24-30-20-16-13-17-21-30/h12-21,26-28,31-34,37-38H,9-11,22-25,42H2,1-8H3,(H,43,52)(H,44,48)(H,45,51)(H,46,49)(H,47,50)/t28-,32-,33-,34-,37-,38-/m0/s1. The predicted octanol–water partition coefficient (Wildman–Crippen LogP) is 4.18. The number of nitrogens with one attached hydrogen (secondary N) is 5. The summed E-state index contributed by atoms with van der Waals surface area (Å²) in [6, 6.07) is 14.8. The van der Waals surface area contributed by atoms with E-state index in [4.69, 9.17) is 5.73 Å². The molecular weight excluding hydrogens is 656 g/mol. The Bertz CT molecular complexity index is 1400. The van der Waals surface area contributed by atoms with E-state index in [9.17, 15) is 24.0 Å². The van der Waals surface area contributed by atoms with Gasteiger partial charge in [-0.1, -0.05) is 122 Å². The summed E-state index contributed by atoms with van der Waals surface area (Å²) < 4.78 is 0. The molecule has 0 unspecified atom stereocenters. The minimum absolute atomic E-state index is 0.0179. The fourth-order valence-corrected chi connectivity index (χ4v) is 6.04. The fraction of sp³-hybridized carbons (Fsp3) is 0.585. The van der Waals surface area contributed by atoms with E-state index in [1.54, 1.807) is 0 Å². The molecule has 0 fully saturated rings. The van der Waals surface area contributed by atoms with Gasteiger partial charge in [0.15, 0.2) is 0 Å². The van der Waals surface area contributed by atoms with E-state index in [2.05, 4.69) is 26.6 Å². The topological polar surface area (TPSA) is 172 Å². The van der Waals surface area contributed by atoms with E-state index < -0.39 is 42.0 Å². The Morgan fingerprint density at radius 3 is 1.69 bits per heavy atom. The maximum absolute atomic E-state index is 14.0. The van der Waals surface area contributed by atoms with Gasteiger partial charge in [-0.15, -0.1) is 0 Å². The highest BCUT2D eigenvalue weighted by molar-refractivity contribution is 5.93. The minimum Gasteiger partial charge on any atom is -0.352 e. The Morgan fingerprint density at radius 2 is 1.17 bits per heavy atom. The number of hydrogen-bond donors (Lipinski definition) is 6. The molecule has 5 amide bonds. The Kier molecular flexibility index (Phi) is 19.1. The van der Waals surface area contributed by atoms with Crippen LogP contribution in [-0.2, 0) is 36.8 Å². The predicted molar refractivity (Wildman–Crippen MR) is 207 cm³/mol. The molecule has 2 aromatic rings. The van der Waals surface area contributed by atoms with Gasteiger partial charge in [0.25, 0.3) is 0 Å². The van der Waals surface area contributed by atoms with E-state index >= 15 is 0 Å². The minimum atomic E-state index is -0.934. The summed E-state index contributed by atoms with van der Waals surface area (Å²) in [7, 11) is 0. The van der Waals surface area contributed by atoms with Crippen molar-refractivity contribution in [2.24, 2.45) is 23.5 Å². The third-order valence-electron chi connectivity index (χ3n) is 9.52. The van der Waals surface area contributed by atoms with E-state index in [1.165, 1.54) is 0 Å².